The van der Waals surface area contributed by atoms with Gasteiger partial charge in [0.05, 0.1) is 12.1 Å². The third kappa shape index (κ3) is 3.19. The van der Waals surface area contributed by atoms with E-state index in [1.54, 1.807) is 24.3 Å². The molecule has 0 spiro atoms. The number of benzene rings is 1. The van der Waals surface area contributed by atoms with Crippen LogP contribution in [-0.4, -0.2) is 24.0 Å². The molecule has 1 aromatic carbocycles. The van der Waals surface area contributed by atoms with Gasteiger partial charge in [-0.3, -0.25) is 4.79 Å². The summed E-state index contributed by atoms with van der Waals surface area (Å²) in [6, 6.07) is 9.48. The Bertz CT molecular complexity index is 610. The Kier molecular flexibility index (Phi) is 4.42. The number of carbonyl (C=O) groups excluding carboxylic acids is 2. The van der Waals surface area contributed by atoms with Gasteiger partial charge in [-0.1, -0.05) is 41.9 Å². The maximum absolute atomic E-state index is 12.1. The van der Waals surface area contributed by atoms with Crippen molar-refractivity contribution in [1.29, 1.82) is 0 Å². The molecule has 6 heteroatoms. The fourth-order valence-electron chi connectivity index (χ4n) is 1.75. The molecule has 0 aliphatic carbocycles. The molecule has 2 aromatic rings. The number of rotatable bonds is 4. The Morgan fingerprint density at radius 3 is 2.55 bits per heavy atom. The summed E-state index contributed by atoms with van der Waals surface area (Å²) in [6.45, 7) is 0. The van der Waals surface area contributed by atoms with Crippen molar-refractivity contribution in [3.8, 4) is 0 Å². The Balaban J connectivity index is 2.21. The van der Waals surface area contributed by atoms with Crippen LogP contribution in [0, 0.1) is 0 Å². The van der Waals surface area contributed by atoms with Crippen molar-refractivity contribution in [3.63, 3.8) is 0 Å². The molecule has 0 radical (unpaired) electrons. The molecule has 0 saturated carbocycles. The lowest BCUT2D eigenvalue weighted by molar-refractivity contribution is -0.143. The monoisotopic (exact) mass is 292 g/mol. The zero-order chi connectivity index (χ0) is 14.5. The number of esters is 1. The van der Waals surface area contributed by atoms with Crippen LogP contribution in [-0.2, 0) is 9.53 Å². The number of H-pyrrole nitrogens is 1. The van der Waals surface area contributed by atoms with Gasteiger partial charge in [0.2, 0.25) is 0 Å². The van der Waals surface area contributed by atoms with Crippen molar-refractivity contribution in [2.45, 2.75) is 6.04 Å². The Hall–Kier alpha value is -2.27. The molecule has 2 rings (SSSR count). The molecule has 0 aliphatic heterocycles. The highest BCUT2D eigenvalue weighted by molar-refractivity contribution is 6.31. The summed E-state index contributed by atoms with van der Waals surface area (Å²) in [7, 11) is 1.27. The molecule has 2 N–H and O–H groups in total. The Morgan fingerprint density at radius 2 is 2.00 bits per heavy atom. The molecule has 1 amide bonds. The summed E-state index contributed by atoms with van der Waals surface area (Å²) >= 11 is 5.74. The van der Waals surface area contributed by atoms with E-state index in [2.05, 4.69) is 10.3 Å². The quantitative estimate of drug-likeness (QED) is 0.850. The summed E-state index contributed by atoms with van der Waals surface area (Å²) < 4.78 is 4.72. The van der Waals surface area contributed by atoms with Crippen molar-refractivity contribution in [2.75, 3.05) is 7.11 Å². The molecule has 0 fully saturated rings. The molecule has 104 valence electrons. The maximum atomic E-state index is 12.1. The molecule has 5 nitrogen and oxygen atoms in total. The summed E-state index contributed by atoms with van der Waals surface area (Å²) in [5.41, 5.74) is 0.921. The van der Waals surface area contributed by atoms with Crippen molar-refractivity contribution >= 4 is 23.5 Å². The van der Waals surface area contributed by atoms with E-state index in [-0.39, 0.29) is 5.69 Å². The van der Waals surface area contributed by atoms with E-state index in [0.717, 1.165) is 0 Å². The summed E-state index contributed by atoms with van der Waals surface area (Å²) in [6.07, 6.45) is 1.49. The van der Waals surface area contributed by atoms with Crippen LogP contribution in [0.25, 0.3) is 0 Å². The highest BCUT2D eigenvalue weighted by Gasteiger charge is 2.24. The number of nitrogens with one attached hydrogen (secondary N) is 2. The SMILES string of the molecule is COC(=O)C(NC(=O)c1cc(Cl)c[nH]1)c1ccccc1. The molecule has 0 bridgehead atoms. The van der Waals surface area contributed by atoms with Crippen molar-refractivity contribution < 1.29 is 14.3 Å². The molecule has 0 saturated heterocycles. The number of halogens is 1. The van der Waals surface area contributed by atoms with E-state index in [9.17, 15) is 9.59 Å². The van der Waals surface area contributed by atoms with Crippen molar-refractivity contribution in [2.24, 2.45) is 0 Å². The predicted molar refractivity (Wildman–Crippen MR) is 74.5 cm³/mol. The smallest absolute Gasteiger partial charge is 0.333 e. The number of aromatic amines is 1. The third-order valence-corrected chi connectivity index (χ3v) is 2.96. The van der Waals surface area contributed by atoms with E-state index < -0.39 is 17.9 Å². The number of hydrogen-bond donors (Lipinski definition) is 2. The van der Waals surface area contributed by atoms with Crippen molar-refractivity contribution in [1.82, 2.24) is 10.3 Å². The van der Waals surface area contributed by atoms with Crippen LogP contribution in [0.15, 0.2) is 42.6 Å². The van der Waals surface area contributed by atoms with Crippen molar-refractivity contribution in [3.05, 3.63) is 58.9 Å². The lowest BCUT2D eigenvalue weighted by Gasteiger charge is -2.16. The normalized spacial score (nSPS) is 11.7. The Labute approximate surface area is 120 Å². The first-order valence-electron chi connectivity index (χ1n) is 5.89. The van der Waals surface area contributed by atoms with E-state index >= 15 is 0 Å². The highest BCUT2D eigenvalue weighted by Crippen LogP contribution is 2.16. The van der Waals surface area contributed by atoms with Gasteiger partial charge in [-0.15, -0.1) is 0 Å². The average Bonchev–Trinajstić information content (AvgIpc) is 2.91. The minimum Gasteiger partial charge on any atom is -0.467 e. The van der Waals surface area contributed by atoms with Gasteiger partial charge in [0.1, 0.15) is 5.69 Å². The largest absolute Gasteiger partial charge is 0.467 e. The number of hydrogen-bond acceptors (Lipinski definition) is 3. The average molecular weight is 293 g/mol. The summed E-state index contributed by atoms with van der Waals surface area (Å²) in [4.78, 5) is 26.6. The topological polar surface area (TPSA) is 71.2 Å². The minimum absolute atomic E-state index is 0.278. The summed E-state index contributed by atoms with van der Waals surface area (Å²) in [5.74, 6) is -0.974. The first-order valence-corrected chi connectivity index (χ1v) is 6.27. The van der Waals surface area contributed by atoms with Gasteiger partial charge in [0.25, 0.3) is 5.91 Å². The number of amides is 1. The molecule has 0 aliphatic rings. The first-order chi connectivity index (χ1) is 9.61. The molecular weight excluding hydrogens is 280 g/mol. The first kappa shape index (κ1) is 14.1. The van der Waals surface area contributed by atoms with E-state index in [1.165, 1.54) is 19.4 Å². The van der Waals surface area contributed by atoms with Crippen LogP contribution >= 0.6 is 11.6 Å². The van der Waals surface area contributed by atoms with Gasteiger partial charge in [-0.2, -0.15) is 0 Å². The Morgan fingerprint density at radius 1 is 1.30 bits per heavy atom. The zero-order valence-corrected chi connectivity index (χ0v) is 11.5. The van der Waals surface area contributed by atoms with E-state index in [4.69, 9.17) is 16.3 Å². The molecule has 1 aromatic heterocycles. The van der Waals surface area contributed by atoms with Gasteiger partial charge < -0.3 is 15.0 Å². The third-order valence-electron chi connectivity index (χ3n) is 2.74. The number of aromatic nitrogens is 1. The zero-order valence-electron chi connectivity index (χ0n) is 10.7. The van der Waals surface area contributed by atoms with E-state index in [1.807, 2.05) is 6.07 Å². The van der Waals surface area contributed by atoms with Crippen LogP contribution in [0.1, 0.15) is 22.1 Å². The van der Waals surface area contributed by atoms with Crippen LogP contribution in [0.5, 0.6) is 0 Å². The fraction of sp³-hybridized carbons (Fsp3) is 0.143. The fourth-order valence-corrected chi connectivity index (χ4v) is 1.91. The highest BCUT2D eigenvalue weighted by atomic mass is 35.5. The second-order valence-corrected chi connectivity index (χ2v) is 4.51. The minimum atomic E-state index is -0.865. The standard InChI is InChI=1S/C14H13ClN2O3/c1-20-14(19)12(9-5-3-2-4-6-9)17-13(18)11-7-10(15)8-16-11/h2-8,12,16H,1H3,(H,17,18). The second kappa shape index (κ2) is 6.25. The van der Waals surface area contributed by atoms with Crippen LogP contribution in [0.4, 0.5) is 0 Å². The second-order valence-electron chi connectivity index (χ2n) is 4.07. The summed E-state index contributed by atoms with van der Waals surface area (Å²) in [5, 5.41) is 3.03. The molecular formula is C14H13ClN2O3. The number of ether oxygens (including phenoxy) is 1. The molecule has 1 heterocycles. The van der Waals surface area contributed by atoms with Gasteiger partial charge >= 0.3 is 5.97 Å². The van der Waals surface area contributed by atoms with E-state index in [0.29, 0.717) is 10.6 Å². The maximum Gasteiger partial charge on any atom is 0.333 e. The van der Waals surface area contributed by atoms with Gasteiger partial charge in [-0.05, 0) is 11.6 Å². The lowest BCUT2D eigenvalue weighted by atomic mass is 10.1. The number of carbonyl (C=O) groups is 2. The molecule has 1 atom stereocenters. The van der Waals surface area contributed by atoms with Gasteiger partial charge in [0, 0.05) is 6.20 Å². The van der Waals surface area contributed by atoms with Gasteiger partial charge in [-0.25, -0.2) is 4.79 Å². The van der Waals surface area contributed by atoms with Crippen LogP contribution in [0.2, 0.25) is 5.02 Å². The number of methoxy groups -OCH3 is 1. The predicted octanol–water partition coefficient (Wildman–Crippen LogP) is 2.31. The molecule has 20 heavy (non-hydrogen) atoms. The molecule has 1 unspecified atom stereocenters. The van der Waals surface area contributed by atoms with Gasteiger partial charge in [0.15, 0.2) is 6.04 Å². The lowest BCUT2D eigenvalue weighted by Crippen LogP contribution is -2.34. The van der Waals surface area contributed by atoms with Crippen LogP contribution in [0.3, 0.4) is 0 Å². The van der Waals surface area contributed by atoms with Crippen LogP contribution < -0.4 is 5.32 Å².